The van der Waals surface area contributed by atoms with Crippen LogP contribution in [-0.2, 0) is 16.0 Å². The molecule has 24 heavy (non-hydrogen) atoms. The molecule has 0 saturated carbocycles. The first-order valence-corrected chi connectivity index (χ1v) is 9.33. The number of morpholine rings is 2. The minimum absolute atomic E-state index is 0.111. The summed E-state index contributed by atoms with van der Waals surface area (Å²) in [5.74, 6) is 1.85. The fourth-order valence-corrected chi connectivity index (χ4v) is 3.83. The van der Waals surface area contributed by atoms with Crippen molar-refractivity contribution in [3.63, 3.8) is 0 Å². The van der Waals surface area contributed by atoms with Crippen LogP contribution in [0.5, 0.6) is 0 Å². The summed E-state index contributed by atoms with van der Waals surface area (Å²) in [6.45, 7) is 6.54. The molecule has 0 spiro atoms. The Bertz CT molecular complexity index is 646. The molecule has 0 radical (unpaired) electrons. The second-order valence-corrected chi connectivity index (χ2v) is 6.85. The quantitative estimate of drug-likeness (QED) is 0.843. The molecule has 0 aromatic carbocycles. The molecule has 2 aromatic heterocycles. The van der Waals surface area contributed by atoms with Crippen LogP contribution >= 0.6 is 11.3 Å². The summed E-state index contributed by atoms with van der Waals surface area (Å²) >= 11 is 1.74. The van der Waals surface area contributed by atoms with Crippen molar-refractivity contribution >= 4 is 17.2 Å². The highest BCUT2D eigenvalue weighted by Crippen LogP contribution is 2.25. The van der Waals surface area contributed by atoms with Gasteiger partial charge in [-0.15, -0.1) is 0 Å². The first-order chi connectivity index (χ1) is 11.9. The molecule has 2 aliphatic rings. The van der Waals surface area contributed by atoms with Crippen LogP contribution in [0.25, 0.3) is 0 Å². The Kier molecular flexibility index (Phi) is 5.03. The van der Waals surface area contributed by atoms with Crippen molar-refractivity contribution in [1.29, 1.82) is 0 Å². The van der Waals surface area contributed by atoms with Crippen LogP contribution in [0.15, 0.2) is 29.1 Å². The van der Waals surface area contributed by atoms with Gasteiger partial charge in [-0.1, -0.05) is 0 Å². The van der Waals surface area contributed by atoms with Crippen LogP contribution in [0.4, 0.5) is 5.82 Å². The van der Waals surface area contributed by atoms with E-state index in [2.05, 4.69) is 31.6 Å². The van der Waals surface area contributed by atoms with Crippen molar-refractivity contribution in [2.24, 2.45) is 0 Å². The zero-order valence-electron chi connectivity index (χ0n) is 13.6. The van der Waals surface area contributed by atoms with Gasteiger partial charge in [0.15, 0.2) is 0 Å². The Morgan fingerprint density at radius 2 is 2.00 bits per heavy atom. The highest BCUT2D eigenvalue weighted by Gasteiger charge is 2.27. The van der Waals surface area contributed by atoms with Gasteiger partial charge in [0, 0.05) is 32.4 Å². The van der Waals surface area contributed by atoms with Crippen LogP contribution < -0.4 is 4.90 Å². The molecule has 4 heterocycles. The molecule has 128 valence electrons. The van der Waals surface area contributed by atoms with E-state index in [0.29, 0.717) is 6.61 Å². The summed E-state index contributed by atoms with van der Waals surface area (Å²) in [6.07, 6.45) is 1.87. The monoisotopic (exact) mass is 346 g/mol. The largest absolute Gasteiger partial charge is 0.378 e. The third-order valence-corrected chi connectivity index (χ3v) is 5.23. The Balaban J connectivity index is 1.53. The van der Waals surface area contributed by atoms with Gasteiger partial charge in [-0.3, -0.25) is 4.90 Å². The molecule has 0 unspecified atom stereocenters. The number of hydrogen-bond acceptors (Lipinski definition) is 7. The lowest BCUT2D eigenvalue weighted by Crippen LogP contribution is -2.40. The van der Waals surface area contributed by atoms with E-state index in [4.69, 9.17) is 14.5 Å². The zero-order chi connectivity index (χ0) is 16.2. The molecule has 0 amide bonds. The lowest BCUT2D eigenvalue weighted by Gasteiger charge is -2.35. The molecule has 4 rings (SSSR count). The van der Waals surface area contributed by atoms with Crippen molar-refractivity contribution in [3.8, 4) is 0 Å². The third-order valence-electron chi connectivity index (χ3n) is 4.50. The topological polar surface area (TPSA) is 50.7 Å². The first kappa shape index (κ1) is 16.0. The molecule has 7 heteroatoms. The zero-order valence-corrected chi connectivity index (χ0v) is 14.5. The third kappa shape index (κ3) is 3.59. The summed E-state index contributed by atoms with van der Waals surface area (Å²) in [6, 6.07) is 4.28. The number of thiophene rings is 1. The molecule has 0 N–H and O–H groups in total. The smallest absolute Gasteiger partial charge is 0.150 e. The van der Waals surface area contributed by atoms with Crippen molar-refractivity contribution in [2.45, 2.75) is 12.6 Å². The fraction of sp³-hybridized carbons (Fsp3) is 0.529. The number of anilines is 1. The molecule has 1 atom stereocenters. The van der Waals surface area contributed by atoms with E-state index in [0.717, 1.165) is 57.6 Å². The maximum absolute atomic E-state index is 5.72. The molecular weight excluding hydrogens is 324 g/mol. The molecule has 2 fully saturated rings. The van der Waals surface area contributed by atoms with Gasteiger partial charge in [0.1, 0.15) is 11.6 Å². The van der Waals surface area contributed by atoms with Crippen LogP contribution in [0, 0.1) is 0 Å². The lowest BCUT2D eigenvalue weighted by atomic mass is 10.2. The van der Waals surface area contributed by atoms with E-state index < -0.39 is 0 Å². The molecule has 2 saturated heterocycles. The summed E-state index contributed by atoms with van der Waals surface area (Å²) in [5.41, 5.74) is 1.34. The van der Waals surface area contributed by atoms with Crippen LogP contribution in [0.2, 0.25) is 0 Å². The predicted octanol–water partition coefficient (Wildman–Crippen LogP) is 1.95. The van der Waals surface area contributed by atoms with Gasteiger partial charge in [0.05, 0.1) is 32.5 Å². The molecule has 0 aliphatic carbocycles. The maximum atomic E-state index is 5.72. The molecule has 2 aromatic rings. The molecule has 0 bridgehead atoms. The van der Waals surface area contributed by atoms with Gasteiger partial charge in [-0.2, -0.15) is 11.3 Å². The average molecular weight is 346 g/mol. The second kappa shape index (κ2) is 7.57. The first-order valence-electron chi connectivity index (χ1n) is 8.39. The van der Waals surface area contributed by atoms with E-state index in [1.807, 2.05) is 12.3 Å². The average Bonchev–Trinajstić information content (AvgIpc) is 3.16. The highest BCUT2D eigenvalue weighted by molar-refractivity contribution is 7.07. The Labute approximate surface area is 146 Å². The van der Waals surface area contributed by atoms with Gasteiger partial charge in [-0.05, 0) is 28.5 Å². The standard InChI is InChI=1S/C17H22N4O2S/c1-3-18-17(19-16(1)20-4-7-22-8-5-20)15-12-23-9-6-21(15)11-14-2-10-24-13-14/h1-3,10,13,15H,4-9,11-12H2/t15-/m0/s1. The Morgan fingerprint density at radius 1 is 1.12 bits per heavy atom. The van der Waals surface area contributed by atoms with Gasteiger partial charge in [-0.25, -0.2) is 9.97 Å². The van der Waals surface area contributed by atoms with E-state index in [-0.39, 0.29) is 6.04 Å². The molecular formula is C17H22N4O2S. The normalized spacial score (nSPS) is 22.7. The van der Waals surface area contributed by atoms with Crippen molar-refractivity contribution < 1.29 is 9.47 Å². The SMILES string of the molecule is c1cc(N2CCOCC2)nc([C@@H]2COCCN2Cc2ccsc2)n1. The van der Waals surface area contributed by atoms with E-state index in [9.17, 15) is 0 Å². The van der Waals surface area contributed by atoms with Crippen molar-refractivity contribution in [1.82, 2.24) is 14.9 Å². The number of ether oxygens (including phenoxy) is 2. The fourth-order valence-electron chi connectivity index (χ4n) is 3.18. The van der Waals surface area contributed by atoms with E-state index in [1.165, 1.54) is 5.56 Å². The van der Waals surface area contributed by atoms with Gasteiger partial charge < -0.3 is 14.4 Å². The summed E-state index contributed by atoms with van der Waals surface area (Å²) in [5, 5.41) is 4.33. The van der Waals surface area contributed by atoms with E-state index >= 15 is 0 Å². The summed E-state index contributed by atoms with van der Waals surface area (Å²) < 4.78 is 11.1. The molecule has 2 aliphatic heterocycles. The number of rotatable bonds is 4. The van der Waals surface area contributed by atoms with Crippen LogP contribution in [0.3, 0.4) is 0 Å². The lowest BCUT2D eigenvalue weighted by molar-refractivity contribution is -0.0158. The number of hydrogen-bond donors (Lipinski definition) is 0. The number of aromatic nitrogens is 2. The van der Waals surface area contributed by atoms with Gasteiger partial charge >= 0.3 is 0 Å². The van der Waals surface area contributed by atoms with Crippen LogP contribution in [-0.4, -0.2) is 60.9 Å². The van der Waals surface area contributed by atoms with Crippen molar-refractivity contribution in [2.75, 3.05) is 51.0 Å². The Morgan fingerprint density at radius 3 is 2.83 bits per heavy atom. The van der Waals surface area contributed by atoms with E-state index in [1.54, 1.807) is 11.3 Å². The number of nitrogens with zero attached hydrogens (tertiary/aromatic N) is 4. The van der Waals surface area contributed by atoms with Gasteiger partial charge in [0.25, 0.3) is 0 Å². The summed E-state index contributed by atoms with van der Waals surface area (Å²) in [4.78, 5) is 14.1. The highest BCUT2D eigenvalue weighted by atomic mass is 32.1. The molecule has 6 nitrogen and oxygen atoms in total. The maximum Gasteiger partial charge on any atom is 0.150 e. The Hall–Kier alpha value is -1.54. The summed E-state index contributed by atoms with van der Waals surface area (Å²) in [7, 11) is 0. The predicted molar refractivity (Wildman–Crippen MR) is 93.4 cm³/mol. The van der Waals surface area contributed by atoms with Gasteiger partial charge in [0.2, 0.25) is 0 Å². The minimum Gasteiger partial charge on any atom is -0.378 e. The van der Waals surface area contributed by atoms with Crippen LogP contribution in [0.1, 0.15) is 17.4 Å². The minimum atomic E-state index is 0.111. The van der Waals surface area contributed by atoms with Crippen molar-refractivity contribution in [3.05, 3.63) is 40.5 Å². The second-order valence-electron chi connectivity index (χ2n) is 6.07.